The van der Waals surface area contributed by atoms with Crippen molar-refractivity contribution < 1.29 is 13.2 Å². The molecule has 1 aromatic rings. The predicted octanol–water partition coefficient (Wildman–Crippen LogP) is 1.89. The molecule has 0 radical (unpaired) electrons. The monoisotopic (exact) mass is 331 g/mol. The number of benzene rings is 1. The zero-order valence-electron chi connectivity index (χ0n) is 11.7. The van der Waals surface area contributed by atoms with Gasteiger partial charge in [-0.3, -0.25) is 0 Å². The smallest absolute Gasteiger partial charge is 0.319 e. The number of anilines is 1. The summed E-state index contributed by atoms with van der Waals surface area (Å²) in [6.07, 6.45) is 2.66. The maximum absolute atomic E-state index is 11.9. The molecule has 0 aliphatic carbocycles. The third kappa shape index (κ3) is 4.59. The van der Waals surface area contributed by atoms with Crippen LogP contribution in [0, 0.1) is 0 Å². The molecular weight excluding hydrogens is 314 g/mol. The second-order valence-electron chi connectivity index (χ2n) is 5.04. The van der Waals surface area contributed by atoms with Crippen LogP contribution < -0.4 is 10.6 Å². The first kappa shape index (κ1) is 16.1. The molecule has 1 atom stereocenters. The lowest BCUT2D eigenvalue weighted by Crippen LogP contribution is -2.50. The van der Waals surface area contributed by atoms with Gasteiger partial charge in [0.15, 0.2) is 0 Å². The van der Waals surface area contributed by atoms with Crippen LogP contribution in [0.1, 0.15) is 12.8 Å². The van der Waals surface area contributed by atoms with E-state index in [1.807, 2.05) is 0 Å². The summed E-state index contributed by atoms with van der Waals surface area (Å²) in [5, 5.41) is 5.90. The average Bonchev–Trinajstić information content (AvgIpc) is 2.41. The number of nitrogens with one attached hydrogen (secondary N) is 2. The van der Waals surface area contributed by atoms with E-state index in [1.165, 1.54) is 10.6 Å². The summed E-state index contributed by atoms with van der Waals surface area (Å²) in [5.74, 6) is 0. The molecule has 6 nitrogen and oxygen atoms in total. The first-order valence-electron chi connectivity index (χ1n) is 6.63. The molecular formula is C13H18ClN3O3S. The van der Waals surface area contributed by atoms with Gasteiger partial charge >= 0.3 is 6.03 Å². The normalized spacial score (nSPS) is 20.0. The molecule has 116 valence electrons. The minimum Gasteiger partial charge on any atom is -0.334 e. The van der Waals surface area contributed by atoms with Crippen LogP contribution in [0.5, 0.6) is 0 Å². The number of para-hydroxylation sites is 1. The molecule has 0 bridgehead atoms. The SMILES string of the molecule is CS(=O)(=O)N1CCCC(NC(=O)Nc2ccccc2Cl)C1. The number of sulfonamides is 1. The number of carbonyl (C=O) groups is 1. The van der Waals surface area contributed by atoms with Gasteiger partial charge in [-0.25, -0.2) is 17.5 Å². The Hall–Kier alpha value is -1.31. The third-order valence-corrected chi connectivity index (χ3v) is 4.91. The molecule has 0 spiro atoms. The number of urea groups is 1. The van der Waals surface area contributed by atoms with Crippen molar-refractivity contribution in [3.8, 4) is 0 Å². The summed E-state index contributed by atoms with van der Waals surface area (Å²) in [6.45, 7) is 0.803. The number of hydrogen-bond donors (Lipinski definition) is 2. The molecule has 0 aromatic heterocycles. The summed E-state index contributed by atoms with van der Waals surface area (Å²) >= 11 is 5.96. The van der Waals surface area contributed by atoms with Crippen molar-refractivity contribution >= 4 is 33.3 Å². The van der Waals surface area contributed by atoms with Crippen LogP contribution in [-0.4, -0.2) is 44.1 Å². The van der Waals surface area contributed by atoms with Crippen LogP contribution in [0.25, 0.3) is 0 Å². The summed E-state index contributed by atoms with van der Waals surface area (Å²) in [6, 6.07) is 6.35. The van der Waals surface area contributed by atoms with Gasteiger partial charge in [0.2, 0.25) is 10.0 Å². The molecule has 0 saturated carbocycles. The van der Waals surface area contributed by atoms with Crippen molar-refractivity contribution in [2.75, 3.05) is 24.7 Å². The van der Waals surface area contributed by atoms with Crippen LogP contribution in [0.4, 0.5) is 10.5 Å². The maximum atomic E-state index is 11.9. The highest BCUT2D eigenvalue weighted by Crippen LogP contribution is 2.20. The number of rotatable bonds is 3. The van der Waals surface area contributed by atoms with E-state index in [1.54, 1.807) is 24.3 Å². The summed E-state index contributed by atoms with van der Waals surface area (Å²) in [5.41, 5.74) is 0.521. The zero-order chi connectivity index (χ0) is 15.5. The molecule has 8 heteroatoms. The van der Waals surface area contributed by atoms with E-state index in [9.17, 15) is 13.2 Å². The molecule has 2 amide bonds. The first-order chi connectivity index (χ1) is 9.86. The third-order valence-electron chi connectivity index (χ3n) is 3.31. The van der Waals surface area contributed by atoms with Gasteiger partial charge in [0.1, 0.15) is 0 Å². The van der Waals surface area contributed by atoms with E-state index < -0.39 is 10.0 Å². The Labute approximate surface area is 129 Å². The Morgan fingerprint density at radius 2 is 2.10 bits per heavy atom. The van der Waals surface area contributed by atoms with Crippen LogP contribution >= 0.6 is 11.6 Å². The minimum absolute atomic E-state index is 0.198. The van der Waals surface area contributed by atoms with E-state index in [2.05, 4.69) is 10.6 Å². The van der Waals surface area contributed by atoms with E-state index in [-0.39, 0.29) is 12.1 Å². The number of piperidine rings is 1. The Balaban J connectivity index is 1.92. The average molecular weight is 332 g/mol. The van der Waals surface area contributed by atoms with Crippen LogP contribution in [0.3, 0.4) is 0 Å². The highest BCUT2D eigenvalue weighted by molar-refractivity contribution is 7.88. The molecule has 2 rings (SSSR count). The van der Waals surface area contributed by atoms with Crippen molar-refractivity contribution in [2.45, 2.75) is 18.9 Å². The zero-order valence-corrected chi connectivity index (χ0v) is 13.2. The Morgan fingerprint density at radius 3 is 2.76 bits per heavy atom. The fourth-order valence-corrected chi connectivity index (χ4v) is 3.36. The number of nitrogens with zero attached hydrogens (tertiary/aromatic N) is 1. The highest BCUT2D eigenvalue weighted by atomic mass is 35.5. The summed E-state index contributed by atoms with van der Waals surface area (Å²) < 4.78 is 24.5. The Bertz CT molecular complexity index is 621. The van der Waals surface area contributed by atoms with Crippen LogP contribution in [0.2, 0.25) is 5.02 Å². The fourth-order valence-electron chi connectivity index (χ4n) is 2.27. The summed E-state index contributed by atoms with van der Waals surface area (Å²) in [7, 11) is -3.22. The highest BCUT2D eigenvalue weighted by Gasteiger charge is 2.26. The summed E-state index contributed by atoms with van der Waals surface area (Å²) in [4.78, 5) is 11.9. The van der Waals surface area contributed by atoms with E-state index >= 15 is 0 Å². The Kier molecular flexibility index (Phi) is 5.08. The lowest BCUT2D eigenvalue weighted by molar-refractivity contribution is 0.236. The molecule has 2 N–H and O–H groups in total. The molecule has 1 aliphatic heterocycles. The molecule has 1 aromatic carbocycles. The van der Waals surface area contributed by atoms with Gasteiger partial charge < -0.3 is 10.6 Å². The maximum Gasteiger partial charge on any atom is 0.319 e. The van der Waals surface area contributed by atoms with Gasteiger partial charge in [-0.2, -0.15) is 0 Å². The van der Waals surface area contributed by atoms with Gasteiger partial charge in [-0.15, -0.1) is 0 Å². The largest absolute Gasteiger partial charge is 0.334 e. The number of halogens is 1. The fraction of sp³-hybridized carbons (Fsp3) is 0.462. The molecule has 1 fully saturated rings. The first-order valence-corrected chi connectivity index (χ1v) is 8.86. The number of hydrogen-bond acceptors (Lipinski definition) is 3. The topological polar surface area (TPSA) is 78.5 Å². The van der Waals surface area contributed by atoms with Gasteiger partial charge in [0.05, 0.1) is 17.0 Å². The van der Waals surface area contributed by atoms with E-state index in [0.717, 1.165) is 12.8 Å². The minimum atomic E-state index is -3.22. The van der Waals surface area contributed by atoms with Crippen molar-refractivity contribution in [1.29, 1.82) is 0 Å². The predicted molar refractivity (Wildman–Crippen MR) is 83.0 cm³/mol. The van der Waals surface area contributed by atoms with E-state index in [0.29, 0.717) is 23.8 Å². The molecule has 1 saturated heterocycles. The number of amides is 2. The second kappa shape index (κ2) is 6.64. The number of carbonyl (C=O) groups excluding carboxylic acids is 1. The molecule has 1 heterocycles. The van der Waals surface area contributed by atoms with Gasteiger partial charge in [-0.05, 0) is 25.0 Å². The van der Waals surface area contributed by atoms with Crippen molar-refractivity contribution in [1.82, 2.24) is 9.62 Å². The lowest BCUT2D eigenvalue weighted by atomic mass is 10.1. The van der Waals surface area contributed by atoms with Gasteiger partial charge in [0.25, 0.3) is 0 Å². The van der Waals surface area contributed by atoms with Crippen LogP contribution in [0.15, 0.2) is 24.3 Å². The lowest BCUT2D eigenvalue weighted by Gasteiger charge is -2.31. The standard InChI is InChI=1S/C13H18ClN3O3S/c1-21(19,20)17-8-4-5-10(9-17)15-13(18)16-12-7-3-2-6-11(12)14/h2-3,6-7,10H,4-5,8-9H2,1H3,(H2,15,16,18). The second-order valence-corrected chi connectivity index (χ2v) is 7.43. The quantitative estimate of drug-likeness (QED) is 0.887. The van der Waals surface area contributed by atoms with Crippen molar-refractivity contribution in [3.05, 3.63) is 29.3 Å². The van der Waals surface area contributed by atoms with Gasteiger partial charge in [0, 0.05) is 19.1 Å². The van der Waals surface area contributed by atoms with Crippen molar-refractivity contribution in [2.24, 2.45) is 0 Å². The van der Waals surface area contributed by atoms with Gasteiger partial charge in [-0.1, -0.05) is 23.7 Å². The van der Waals surface area contributed by atoms with Crippen LogP contribution in [-0.2, 0) is 10.0 Å². The molecule has 1 aliphatic rings. The van der Waals surface area contributed by atoms with Crippen molar-refractivity contribution in [3.63, 3.8) is 0 Å². The van der Waals surface area contributed by atoms with E-state index in [4.69, 9.17) is 11.6 Å². The Morgan fingerprint density at radius 1 is 1.38 bits per heavy atom. The molecule has 1 unspecified atom stereocenters. The molecule has 21 heavy (non-hydrogen) atoms.